The van der Waals surface area contributed by atoms with E-state index in [1.54, 1.807) is 27.7 Å². The number of carbonyl (C=O) groups is 1. The Hall–Kier alpha value is -1.53. The first kappa shape index (κ1) is 20.8. The summed E-state index contributed by atoms with van der Waals surface area (Å²) in [5, 5.41) is 0. The predicted octanol–water partition coefficient (Wildman–Crippen LogP) is 2.47. The molecule has 2 aliphatic heterocycles. The van der Waals surface area contributed by atoms with Gasteiger partial charge in [-0.15, -0.1) is 0 Å². The molecule has 26 heavy (non-hydrogen) atoms. The normalized spacial score (nSPS) is 25.0. The minimum Gasteiger partial charge on any atom is -0.444 e. The van der Waals surface area contributed by atoms with Gasteiger partial charge in [0.15, 0.2) is 12.6 Å². The van der Waals surface area contributed by atoms with Crippen LogP contribution < -0.4 is 0 Å². The van der Waals surface area contributed by atoms with Crippen molar-refractivity contribution in [3.8, 4) is 0 Å². The van der Waals surface area contributed by atoms with Gasteiger partial charge in [-0.3, -0.25) is 0 Å². The smallest absolute Gasteiger partial charge is 0.444 e. The summed E-state index contributed by atoms with van der Waals surface area (Å²) in [6, 6.07) is 0. The van der Waals surface area contributed by atoms with Crippen LogP contribution in [0, 0.1) is 0 Å². The van der Waals surface area contributed by atoms with Crippen LogP contribution in [0.1, 0.15) is 34.1 Å². The van der Waals surface area contributed by atoms with E-state index in [1.165, 1.54) is 4.90 Å². The molecule has 12 heteroatoms. The van der Waals surface area contributed by atoms with Crippen LogP contribution in [-0.4, -0.2) is 56.2 Å². The molecule has 2 heterocycles. The van der Waals surface area contributed by atoms with Crippen LogP contribution in [0.3, 0.4) is 0 Å². The number of rotatable bonds is 3. The Bertz CT molecular complexity index is 690. The van der Waals surface area contributed by atoms with Crippen LogP contribution in [0.4, 0.5) is 18.0 Å². The van der Waals surface area contributed by atoms with Gasteiger partial charge in [0.2, 0.25) is 0 Å². The molecule has 0 spiro atoms. The number of nitrogens with zero attached hydrogens (tertiary/aromatic N) is 1. The van der Waals surface area contributed by atoms with Gasteiger partial charge < -0.3 is 23.3 Å². The van der Waals surface area contributed by atoms with Gasteiger partial charge in [-0.2, -0.15) is 21.6 Å². The van der Waals surface area contributed by atoms with E-state index >= 15 is 0 Å². The Balaban J connectivity index is 2.23. The Kier molecular flexibility index (Phi) is 5.51. The van der Waals surface area contributed by atoms with Crippen LogP contribution in [0.25, 0.3) is 0 Å². The SMILES string of the molecule is CC1OC(C2=C(OS(=O)(=O)C(F)(F)F)CCN(C(=O)OC(C)(C)C)C2)O1. The van der Waals surface area contributed by atoms with E-state index < -0.39 is 45.7 Å². The number of hydrogen-bond acceptors (Lipinski definition) is 7. The van der Waals surface area contributed by atoms with Gasteiger partial charge >= 0.3 is 21.7 Å². The van der Waals surface area contributed by atoms with Gasteiger partial charge in [0.1, 0.15) is 11.4 Å². The number of ether oxygens (including phenoxy) is 3. The second-order valence-corrected chi connectivity index (χ2v) is 8.29. The summed E-state index contributed by atoms with van der Waals surface area (Å²) < 4.78 is 80.3. The fourth-order valence-electron chi connectivity index (χ4n) is 2.26. The highest BCUT2D eigenvalue weighted by Crippen LogP contribution is 2.34. The van der Waals surface area contributed by atoms with Crippen molar-refractivity contribution in [1.29, 1.82) is 0 Å². The molecular formula is C14H20F3NO7S. The molecule has 150 valence electrons. The lowest BCUT2D eigenvalue weighted by atomic mass is 10.1. The molecule has 2 aliphatic rings. The van der Waals surface area contributed by atoms with Crippen molar-refractivity contribution in [3.05, 3.63) is 11.3 Å². The molecule has 0 bridgehead atoms. The summed E-state index contributed by atoms with van der Waals surface area (Å²) in [5.41, 5.74) is -6.34. The summed E-state index contributed by atoms with van der Waals surface area (Å²) in [7, 11) is -5.83. The third kappa shape index (κ3) is 4.80. The molecule has 0 aromatic heterocycles. The number of alkyl halides is 3. The predicted molar refractivity (Wildman–Crippen MR) is 80.9 cm³/mol. The summed E-state index contributed by atoms with van der Waals surface area (Å²) in [6.45, 7) is 6.22. The lowest BCUT2D eigenvalue weighted by Crippen LogP contribution is -2.48. The zero-order chi connectivity index (χ0) is 19.9. The van der Waals surface area contributed by atoms with E-state index in [2.05, 4.69) is 4.18 Å². The summed E-state index contributed by atoms with van der Waals surface area (Å²) in [6.07, 6.45) is -2.65. The quantitative estimate of drug-likeness (QED) is 0.528. The highest BCUT2D eigenvalue weighted by molar-refractivity contribution is 7.87. The zero-order valence-electron chi connectivity index (χ0n) is 14.6. The number of hydrogen-bond donors (Lipinski definition) is 0. The molecular weight excluding hydrogens is 383 g/mol. The third-order valence-electron chi connectivity index (χ3n) is 3.39. The van der Waals surface area contributed by atoms with Gasteiger partial charge in [-0.25, -0.2) is 4.79 Å². The summed E-state index contributed by atoms with van der Waals surface area (Å²) in [4.78, 5) is 13.4. The van der Waals surface area contributed by atoms with Crippen molar-refractivity contribution in [1.82, 2.24) is 4.90 Å². The van der Waals surface area contributed by atoms with Crippen LogP contribution in [0.5, 0.6) is 0 Å². The maximum absolute atomic E-state index is 12.6. The summed E-state index contributed by atoms with van der Waals surface area (Å²) >= 11 is 0. The second kappa shape index (κ2) is 6.89. The van der Waals surface area contributed by atoms with Crippen LogP contribution in [0.15, 0.2) is 11.3 Å². The number of halogens is 3. The first-order chi connectivity index (χ1) is 11.7. The monoisotopic (exact) mass is 403 g/mol. The molecule has 0 unspecified atom stereocenters. The zero-order valence-corrected chi connectivity index (χ0v) is 15.4. The third-order valence-corrected chi connectivity index (χ3v) is 4.38. The fraction of sp³-hybridized carbons (Fsp3) is 0.786. The van der Waals surface area contributed by atoms with E-state index in [0.717, 1.165) is 0 Å². The molecule has 0 atom stereocenters. The van der Waals surface area contributed by atoms with Crippen LogP contribution in [0.2, 0.25) is 0 Å². The van der Waals surface area contributed by atoms with E-state index in [-0.39, 0.29) is 25.1 Å². The molecule has 8 nitrogen and oxygen atoms in total. The molecule has 1 amide bonds. The summed E-state index contributed by atoms with van der Waals surface area (Å²) in [5.74, 6) is -0.445. The van der Waals surface area contributed by atoms with Crippen molar-refractivity contribution >= 4 is 16.2 Å². The molecule has 0 aromatic rings. The molecule has 0 radical (unpaired) electrons. The lowest BCUT2D eigenvalue weighted by molar-refractivity contribution is -0.360. The maximum atomic E-state index is 12.6. The standard InChI is InChI=1S/C14H20F3NO7S/c1-8-22-11(23-8)9-7-18(12(19)24-13(2,3)4)6-5-10(9)25-26(20,21)14(15,16)17/h8,11H,5-7H2,1-4H3. The fourth-order valence-corrected chi connectivity index (χ4v) is 2.81. The van der Waals surface area contributed by atoms with E-state index in [9.17, 15) is 26.4 Å². The Morgan fingerprint density at radius 1 is 1.23 bits per heavy atom. The molecule has 1 saturated heterocycles. The largest absolute Gasteiger partial charge is 0.534 e. The van der Waals surface area contributed by atoms with Crippen molar-refractivity contribution in [2.75, 3.05) is 13.1 Å². The van der Waals surface area contributed by atoms with Gasteiger partial charge in [-0.1, -0.05) is 0 Å². The van der Waals surface area contributed by atoms with E-state index in [4.69, 9.17) is 14.2 Å². The average molecular weight is 403 g/mol. The number of amides is 1. The second-order valence-electron chi connectivity index (χ2n) is 6.76. The first-order valence-electron chi connectivity index (χ1n) is 7.71. The molecule has 0 aliphatic carbocycles. The van der Waals surface area contributed by atoms with Gasteiger partial charge in [0.05, 0.1) is 6.54 Å². The topological polar surface area (TPSA) is 91.4 Å². The molecule has 0 saturated carbocycles. The highest BCUT2D eigenvalue weighted by Gasteiger charge is 2.50. The van der Waals surface area contributed by atoms with Crippen molar-refractivity contribution in [2.24, 2.45) is 0 Å². The maximum Gasteiger partial charge on any atom is 0.534 e. The Labute approximate surface area is 148 Å². The molecule has 0 aromatic carbocycles. The van der Waals surface area contributed by atoms with E-state index in [1.807, 2.05) is 0 Å². The highest BCUT2D eigenvalue weighted by atomic mass is 32.2. The number of carbonyl (C=O) groups excluding carboxylic acids is 1. The van der Waals surface area contributed by atoms with Gasteiger partial charge in [-0.05, 0) is 27.7 Å². The Morgan fingerprint density at radius 2 is 1.81 bits per heavy atom. The van der Waals surface area contributed by atoms with Crippen molar-refractivity contribution in [3.63, 3.8) is 0 Å². The van der Waals surface area contributed by atoms with E-state index in [0.29, 0.717) is 0 Å². The minimum atomic E-state index is -5.83. The van der Waals surface area contributed by atoms with Gasteiger partial charge in [0.25, 0.3) is 0 Å². The van der Waals surface area contributed by atoms with Crippen molar-refractivity contribution < 1.29 is 44.8 Å². The van der Waals surface area contributed by atoms with Crippen molar-refractivity contribution in [2.45, 2.75) is 57.8 Å². The molecule has 0 N–H and O–H groups in total. The average Bonchev–Trinajstić information content (AvgIpc) is 2.41. The van der Waals surface area contributed by atoms with Crippen LogP contribution in [-0.2, 0) is 28.5 Å². The first-order valence-corrected chi connectivity index (χ1v) is 9.12. The molecule has 1 fully saturated rings. The van der Waals surface area contributed by atoms with Crippen LogP contribution >= 0.6 is 0 Å². The molecule has 2 rings (SSSR count). The Morgan fingerprint density at radius 3 is 2.27 bits per heavy atom. The lowest BCUT2D eigenvalue weighted by Gasteiger charge is -2.40. The minimum absolute atomic E-state index is 0.00645. The van der Waals surface area contributed by atoms with Gasteiger partial charge in [0, 0.05) is 18.5 Å².